The summed E-state index contributed by atoms with van der Waals surface area (Å²) >= 11 is 0. The number of rotatable bonds is 2. The van der Waals surface area contributed by atoms with Crippen LogP contribution in [0.3, 0.4) is 0 Å². The number of hydrogen-bond donors (Lipinski definition) is 1. The molecule has 3 rings (SSSR count). The molecule has 0 aliphatic carbocycles. The summed E-state index contributed by atoms with van der Waals surface area (Å²) in [5.41, 5.74) is 3.04. The zero-order chi connectivity index (χ0) is 15.0. The van der Waals surface area contributed by atoms with Crippen molar-refractivity contribution in [2.45, 2.75) is 18.9 Å². The average molecular weight is 285 g/mol. The Balaban J connectivity index is 1.95. The first-order chi connectivity index (χ1) is 10.0. The van der Waals surface area contributed by atoms with Crippen molar-refractivity contribution >= 4 is 11.7 Å². The van der Waals surface area contributed by atoms with Gasteiger partial charge >= 0.3 is 5.97 Å². The number of hydrogen-bond acceptors (Lipinski definition) is 3. The van der Waals surface area contributed by atoms with Crippen LogP contribution in [0.2, 0.25) is 0 Å². The minimum atomic E-state index is -0.376. The minimum Gasteiger partial charge on any atom is -0.465 e. The second kappa shape index (κ2) is 4.88. The van der Waals surface area contributed by atoms with E-state index in [1.54, 1.807) is 18.2 Å². The van der Waals surface area contributed by atoms with E-state index in [-0.39, 0.29) is 17.3 Å². The Morgan fingerprint density at radius 2 is 2.10 bits per heavy atom. The number of anilines is 1. The monoisotopic (exact) mass is 285 g/mol. The Bertz CT molecular complexity index is 714. The molecular weight excluding hydrogens is 269 g/mol. The highest BCUT2D eigenvalue weighted by atomic mass is 19.1. The minimum absolute atomic E-state index is 0.248. The Kier molecular flexibility index (Phi) is 3.16. The molecule has 0 amide bonds. The first-order valence-electron chi connectivity index (χ1n) is 6.77. The van der Waals surface area contributed by atoms with Crippen LogP contribution < -0.4 is 5.32 Å². The summed E-state index contributed by atoms with van der Waals surface area (Å²) in [5.74, 6) is -0.598. The second-order valence-corrected chi connectivity index (χ2v) is 5.51. The zero-order valence-corrected chi connectivity index (χ0v) is 11.9. The highest BCUT2D eigenvalue weighted by Crippen LogP contribution is 2.39. The Morgan fingerprint density at radius 1 is 1.29 bits per heavy atom. The molecule has 0 fully saturated rings. The van der Waals surface area contributed by atoms with E-state index in [1.165, 1.54) is 13.2 Å². The maximum Gasteiger partial charge on any atom is 0.337 e. The van der Waals surface area contributed by atoms with Crippen molar-refractivity contribution in [1.29, 1.82) is 0 Å². The van der Waals surface area contributed by atoms with Crippen molar-refractivity contribution in [3.8, 4) is 0 Å². The van der Waals surface area contributed by atoms with E-state index in [2.05, 4.69) is 5.32 Å². The Morgan fingerprint density at radius 3 is 2.81 bits per heavy atom. The smallest absolute Gasteiger partial charge is 0.337 e. The van der Waals surface area contributed by atoms with Crippen LogP contribution in [0.4, 0.5) is 10.1 Å². The summed E-state index contributed by atoms with van der Waals surface area (Å²) in [5, 5.41) is 3.42. The summed E-state index contributed by atoms with van der Waals surface area (Å²) in [6.45, 7) is 2.03. The largest absolute Gasteiger partial charge is 0.465 e. The molecule has 1 atom stereocenters. The van der Waals surface area contributed by atoms with E-state index in [0.717, 1.165) is 16.8 Å². The van der Waals surface area contributed by atoms with Crippen molar-refractivity contribution < 1.29 is 13.9 Å². The standard InChI is InChI=1S/C17H16FNO2/c1-17(13-4-3-5-14(18)9-13)10-12-8-11(16(20)21-2)6-7-15(12)19-17/h3-9,19H,10H2,1-2H3/t17-/m0/s1. The molecule has 1 aliphatic rings. The van der Waals surface area contributed by atoms with E-state index in [4.69, 9.17) is 4.74 Å². The fourth-order valence-corrected chi connectivity index (χ4v) is 2.83. The lowest BCUT2D eigenvalue weighted by molar-refractivity contribution is 0.0600. The molecule has 21 heavy (non-hydrogen) atoms. The molecule has 1 aliphatic heterocycles. The molecule has 0 aromatic heterocycles. The zero-order valence-electron chi connectivity index (χ0n) is 11.9. The molecule has 3 nitrogen and oxygen atoms in total. The van der Waals surface area contributed by atoms with Gasteiger partial charge in [0.25, 0.3) is 0 Å². The van der Waals surface area contributed by atoms with Gasteiger partial charge in [0.2, 0.25) is 0 Å². The molecular formula is C17H16FNO2. The number of ether oxygens (including phenoxy) is 1. The van der Waals surface area contributed by atoms with Crippen LogP contribution in [0.1, 0.15) is 28.4 Å². The number of carbonyl (C=O) groups excluding carboxylic acids is 1. The van der Waals surface area contributed by atoms with Gasteiger partial charge in [0.15, 0.2) is 0 Å². The van der Waals surface area contributed by atoms with E-state index in [0.29, 0.717) is 12.0 Å². The molecule has 0 unspecified atom stereocenters. The van der Waals surface area contributed by atoms with Crippen molar-refractivity contribution in [1.82, 2.24) is 0 Å². The lowest BCUT2D eigenvalue weighted by Crippen LogP contribution is -2.29. The van der Waals surface area contributed by atoms with Crippen LogP contribution in [0.25, 0.3) is 0 Å². The van der Waals surface area contributed by atoms with E-state index in [1.807, 2.05) is 25.1 Å². The normalized spacial score (nSPS) is 19.8. The van der Waals surface area contributed by atoms with Crippen molar-refractivity contribution in [2.24, 2.45) is 0 Å². The van der Waals surface area contributed by atoms with Gasteiger partial charge < -0.3 is 10.1 Å². The molecule has 1 heterocycles. The summed E-state index contributed by atoms with van der Waals surface area (Å²) in [7, 11) is 1.37. The molecule has 4 heteroatoms. The average Bonchev–Trinajstić information content (AvgIpc) is 2.83. The van der Waals surface area contributed by atoms with Gasteiger partial charge in [0.1, 0.15) is 5.82 Å². The fourth-order valence-electron chi connectivity index (χ4n) is 2.83. The van der Waals surface area contributed by atoms with Gasteiger partial charge in [-0.2, -0.15) is 0 Å². The highest BCUT2D eigenvalue weighted by molar-refractivity contribution is 5.90. The molecule has 108 valence electrons. The van der Waals surface area contributed by atoms with Crippen LogP contribution in [0, 0.1) is 5.82 Å². The van der Waals surface area contributed by atoms with Gasteiger partial charge in [-0.25, -0.2) is 9.18 Å². The number of halogens is 1. The molecule has 2 aromatic carbocycles. The number of esters is 1. The SMILES string of the molecule is COC(=O)c1ccc2c(c1)C[C@@](C)(c1cccc(F)c1)N2. The van der Waals surface area contributed by atoms with Gasteiger partial charge in [-0.15, -0.1) is 0 Å². The predicted molar refractivity (Wildman–Crippen MR) is 78.9 cm³/mol. The maximum atomic E-state index is 13.4. The number of methoxy groups -OCH3 is 1. The van der Waals surface area contributed by atoms with Crippen LogP contribution in [0.15, 0.2) is 42.5 Å². The molecule has 0 radical (unpaired) electrons. The van der Waals surface area contributed by atoms with E-state index < -0.39 is 0 Å². The topological polar surface area (TPSA) is 38.3 Å². The van der Waals surface area contributed by atoms with Gasteiger partial charge in [0.05, 0.1) is 18.2 Å². The lowest BCUT2D eigenvalue weighted by atomic mass is 9.89. The number of carbonyl (C=O) groups is 1. The summed E-state index contributed by atoms with van der Waals surface area (Å²) in [4.78, 5) is 11.6. The van der Waals surface area contributed by atoms with E-state index in [9.17, 15) is 9.18 Å². The Labute approximate surface area is 122 Å². The summed E-state index contributed by atoms with van der Waals surface area (Å²) < 4.78 is 18.2. The first-order valence-corrected chi connectivity index (χ1v) is 6.77. The lowest BCUT2D eigenvalue weighted by Gasteiger charge is -2.26. The maximum absolute atomic E-state index is 13.4. The summed E-state index contributed by atoms with van der Waals surface area (Å²) in [6, 6.07) is 12.0. The first kappa shape index (κ1) is 13.6. The highest BCUT2D eigenvalue weighted by Gasteiger charge is 2.34. The number of benzene rings is 2. The van der Waals surface area contributed by atoms with Crippen molar-refractivity contribution in [3.63, 3.8) is 0 Å². The third-order valence-corrected chi connectivity index (χ3v) is 3.94. The molecule has 0 spiro atoms. The number of fused-ring (bicyclic) bond motifs is 1. The second-order valence-electron chi connectivity index (χ2n) is 5.51. The van der Waals surface area contributed by atoms with Gasteiger partial charge in [-0.3, -0.25) is 0 Å². The molecule has 0 bridgehead atoms. The Hall–Kier alpha value is -2.36. The molecule has 2 aromatic rings. The van der Waals surface area contributed by atoms with Crippen molar-refractivity contribution in [3.05, 3.63) is 65.0 Å². The quantitative estimate of drug-likeness (QED) is 0.858. The van der Waals surface area contributed by atoms with Gasteiger partial charge in [0, 0.05) is 12.1 Å². The molecule has 0 saturated carbocycles. The van der Waals surface area contributed by atoms with Crippen LogP contribution in [0.5, 0.6) is 0 Å². The van der Waals surface area contributed by atoms with Crippen molar-refractivity contribution in [2.75, 3.05) is 12.4 Å². The molecule has 1 N–H and O–H groups in total. The predicted octanol–water partition coefficient (Wildman–Crippen LogP) is 3.50. The van der Waals surface area contributed by atoms with Crippen LogP contribution in [-0.2, 0) is 16.7 Å². The third-order valence-electron chi connectivity index (χ3n) is 3.94. The third kappa shape index (κ3) is 2.37. The van der Waals surface area contributed by atoms with Gasteiger partial charge in [-0.1, -0.05) is 12.1 Å². The van der Waals surface area contributed by atoms with E-state index >= 15 is 0 Å². The number of nitrogens with one attached hydrogen (secondary N) is 1. The molecule has 0 saturated heterocycles. The van der Waals surface area contributed by atoms with Crippen LogP contribution >= 0.6 is 0 Å². The van der Waals surface area contributed by atoms with Gasteiger partial charge in [-0.05, 0) is 48.4 Å². The van der Waals surface area contributed by atoms with Crippen LogP contribution in [-0.4, -0.2) is 13.1 Å². The summed E-state index contributed by atoms with van der Waals surface area (Å²) in [6.07, 6.45) is 0.691. The fraction of sp³-hybridized carbons (Fsp3) is 0.235.